The number of carbonyl (C=O) groups excluding carboxylic acids is 1. The molecule has 0 aliphatic heterocycles. The molecule has 0 fully saturated rings. The molecule has 1 heterocycles. The summed E-state index contributed by atoms with van der Waals surface area (Å²) in [4.78, 5) is 27.0. The van der Waals surface area contributed by atoms with Crippen molar-refractivity contribution in [2.24, 2.45) is 0 Å². The molecule has 0 saturated heterocycles. The van der Waals surface area contributed by atoms with Gasteiger partial charge in [0.1, 0.15) is 11.4 Å². The van der Waals surface area contributed by atoms with Gasteiger partial charge in [0.2, 0.25) is 0 Å². The SMILES string of the molecule is O=C(NCc1cccc(Cl)c1)c1ccc(-c2ccc(F)cc2)[nH]c1=O. The van der Waals surface area contributed by atoms with Gasteiger partial charge in [-0.3, -0.25) is 9.59 Å². The molecule has 4 nitrogen and oxygen atoms in total. The van der Waals surface area contributed by atoms with Crippen LogP contribution in [0, 0.1) is 5.82 Å². The second kappa shape index (κ2) is 7.32. The second-order valence-electron chi connectivity index (χ2n) is 5.43. The molecule has 2 aromatic carbocycles. The maximum atomic E-state index is 13.0. The minimum Gasteiger partial charge on any atom is -0.348 e. The van der Waals surface area contributed by atoms with E-state index in [4.69, 9.17) is 11.6 Å². The van der Waals surface area contributed by atoms with Gasteiger partial charge in [0.25, 0.3) is 11.5 Å². The van der Waals surface area contributed by atoms with Crippen molar-refractivity contribution >= 4 is 17.5 Å². The molecule has 0 aliphatic rings. The number of H-pyrrole nitrogens is 1. The highest BCUT2D eigenvalue weighted by molar-refractivity contribution is 6.30. The molecule has 0 atom stereocenters. The molecule has 0 spiro atoms. The van der Waals surface area contributed by atoms with Crippen LogP contribution in [0.4, 0.5) is 4.39 Å². The zero-order chi connectivity index (χ0) is 17.8. The van der Waals surface area contributed by atoms with Gasteiger partial charge in [0.15, 0.2) is 0 Å². The summed E-state index contributed by atoms with van der Waals surface area (Å²) in [5, 5.41) is 3.26. The Morgan fingerprint density at radius 1 is 1.08 bits per heavy atom. The third kappa shape index (κ3) is 4.14. The maximum Gasteiger partial charge on any atom is 0.261 e. The Morgan fingerprint density at radius 3 is 2.52 bits per heavy atom. The van der Waals surface area contributed by atoms with Crippen molar-refractivity contribution in [2.45, 2.75) is 6.54 Å². The van der Waals surface area contributed by atoms with E-state index in [0.29, 0.717) is 16.3 Å². The van der Waals surface area contributed by atoms with Crippen LogP contribution in [-0.2, 0) is 6.54 Å². The molecule has 3 aromatic rings. The van der Waals surface area contributed by atoms with Crippen LogP contribution < -0.4 is 10.9 Å². The van der Waals surface area contributed by atoms with Crippen LogP contribution in [0.2, 0.25) is 5.02 Å². The van der Waals surface area contributed by atoms with Gasteiger partial charge in [-0.1, -0.05) is 23.7 Å². The van der Waals surface area contributed by atoms with Gasteiger partial charge in [-0.05, 0) is 59.7 Å². The summed E-state index contributed by atoms with van der Waals surface area (Å²) in [6.07, 6.45) is 0. The van der Waals surface area contributed by atoms with Gasteiger partial charge >= 0.3 is 0 Å². The van der Waals surface area contributed by atoms with Crippen molar-refractivity contribution in [3.63, 3.8) is 0 Å². The number of carbonyl (C=O) groups is 1. The molecule has 0 saturated carbocycles. The van der Waals surface area contributed by atoms with Crippen molar-refractivity contribution in [3.05, 3.63) is 93.0 Å². The quantitative estimate of drug-likeness (QED) is 0.747. The Bertz CT molecular complexity index is 968. The Kier molecular flexibility index (Phi) is 4.95. The monoisotopic (exact) mass is 356 g/mol. The van der Waals surface area contributed by atoms with Gasteiger partial charge in [-0.25, -0.2) is 4.39 Å². The van der Waals surface area contributed by atoms with Crippen molar-refractivity contribution in [1.82, 2.24) is 10.3 Å². The van der Waals surface area contributed by atoms with E-state index in [1.807, 2.05) is 6.07 Å². The minimum absolute atomic E-state index is 0.00731. The van der Waals surface area contributed by atoms with Crippen molar-refractivity contribution < 1.29 is 9.18 Å². The lowest BCUT2D eigenvalue weighted by Gasteiger charge is -2.07. The van der Waals surface area contributed by atoms with Gasteiger partial charge in [-0.15, -0.1) is 0 Å². The maximum absolute atomic E-state index is 13.0. The van der Waals surface area contributed by atoms with Gasteiger partial charge in [-0.2, -0.15) is 0 Å². The van der Waals surface area contributed by atoms with Crippen LogP contribution in [-0.4, -0.2) is 10.9 Å². The van der Waals surface area contributed by atoms with Crippen LogP contribution in [0.5, 0.6) is 0 Å². The summed E-state index contributed by atoms with van der Waals surface area (Å²) < 4.78 is 13.0. The summed E-state index contributed by atoms with van der Waals surface area (Å²) >= 11 is 5.90. The highest BCUT2D eigenvalue weighted by atomic mass is 35.5. The van der Waals surface area contributed by atoms with Gasteiger partial charge in [0.05, 0.1) is 0 Å². The molecule has 1 aromatic heterocycles. The van der Waals surface area contributed by atoms with E-state index in [0.717, 1.165) is 5.56 Å². The lowest BCUT2D eigenvalue weighted by atomic mass is 10.1. The highest BCUT2D eigenvalue weighted by Crippen LogP contribution is 2.16. The fourth-order valence-corrected chi connectivity index (χ4v) is 2.59. The van der Waals surface area contributed by atoms with Crippen LogP contribution in [0.25, 0.3) is 11.3 Å². The van der Waals surface area contributed by atoms with Crippen LogP contribution in [0.3, 0.4) is 0 Å². The summed E-state index contributed by atoms with van der Waals surface area (Å²) in [7, 11) is 0. The van der Waals surface area contributed by atoms with Crippen molar-refractivity contribution in [1.29, 1.82) is 0 Å². The Labute approximate surface area is 148 Å². The minimum atomic E-state index is -0.509. The van der Waals surface area contributed by atoms with E-state index < -0.39 is 11.5 Å². The van der Waals surface area contributed by atoms with Gasteiger partial charge < -0.3 is 10.3 Å². The summed E-state index contributed by atoms with van der Waals surface area (Å²) in [5.41, 5.74) is 1.50. The molecule has 3 rings (SSSR count). The van der Waals surface area contributed by atoms with E-state index in [9.17, 15) is 14.0 Å². The first kappa shape index (κ1) is 16.9. The van der Waals surface area contributed by atoms with E-state index in [2.05, 4.69) is 10.3 Å². The fourth-order valence-electron chi connectivity index (χ4n) is 2.37. The molecule has 1 amide bonds. The third-order valence-electron chi connectivity index (χ3n) is 3.65. The number of aromatic nitrogens is 1. The number of amides is 1. The average Bonchev–Trinajstić information content (AvgIpc) is 2.60. The standard InChI is InChI=1S/C19H14ClFN2O2/c20-14-3-1-2-12(10-14)11-22-18(24)16-8-9-17(23-19(16)25)13-4-6-15(21)7-5-13/h1-10H,11H2,(H,22,24)(H,23,25). The normalized spacial score (nSPS) is 10.5. The van der Waals surface area contributed by atoms with E-state index in [1.165, 1.54) is 18.2 Å². The van der Waals surface area contributed by atoms with Gasteiger partial charge in [0, 0.05) is 17.3 Å². The molecule has 6 heteroatoms. The van der Waals surface area contributed by atoms with Crippen molar-refractivity contribution in [3.8, 4) is 11.3 Å². The Hall–Kier alpha value is -2.92. The summed E-state index contributed by atoms with van der Waals surface area (Å²) in [5.74, 6) is -0.838. The predicted octanol–water partition coefficient (Wildman–Crippen LogP) is 3.76. The lowest BCUT2D eigenvalue weighted by Crippen LogP contribution is -2.29. The number of hydrogen-bond acceptors (Lipinski definition) is 2. The first-order valence-electron chi connectivity index (χ1n) is 7.55. The molecule has 0 unspecified atom stereocenters. The zero-order valence-corrected chi connectivity index (χ0v) is 13.8. The average molecular weight is 357 g/mol. The first-order chi connectivity index (χ1) is 12.0. The highest BCUT2D eigenvalue weighted by Gasteiger charge is 2.11. The topological polar surface area (TPSA) is 62.0 Å². The Balaban J connectivity index is 1.75. The number of pyridine rings is 1. The third-order valence-corrected chi connectivity index (χ3v) is 3.89. The predicted molar refractivity (Wildman–Crippen MR) is 95.1 cm³/mol. The molecular weight excluding hydrogens is 343 g/mol. The van der Waals surface area contributed by atoms with E-state index in [1.54, 1.807) is 36.4 Å². The first-order valence-corrected chi connectivity index (χ1v) is 7.92. The lowest BCUT2D eigenvalue weighted by molar-refractivity contribution is 0.0949. The number of benzene rings is 2. The Morgan fingerprint density at radius 2 is 1.84 bits per heavy atom. The molecule has 0 bridgehead atoms. The van der Waals surface area contributed by atoms with Crippen LogP contribution >= 0.6 is 11.6 Å². The molecule has 25 heavy (non-hydrogen) atoms. The fraction of sp³-hybridized carbons (Fsp3) is 0.0526. The number of hydrogen-bond donors (Lipinski definition) is 2. The molecule has 0 aliphatic carbocycles. The number of halogens is 2. The smallest absolute Gasteiger partial charge is 0.261 e. The second-order valence-corrected chi connectivity index (χ2v) is 5.87. The van der Waals surface area contributed by atoms with E-state index >= 15 is 0 Å². The number of aromatic amines is 1. The largest absolute Gasteiger partial charge is 0.348 e. The number of nitrogens with one attached hydrogen (secondary N) is 2. The molecule has 0 radical (unpaired) electrons. The van der Waals surface area contributed by atoms with E-state index in [-0.39, 0.29) is 17.9 Å². The summed E-state index contributed by atoms with van der Waals surface area (Å²) in [6, 6.07) is 15.9. The molecule has 2 N–H and O–H groups in total. The van der Waals surface area contributed by atoms with Crippen LogP contribution in [0.15, 0.2) is 65.5 Å². The zero-order valence-electron chi connectivity index (χ0n) is 13.1. The molecule has 126 valence electrons. The van der Waals surface area contributed by atoms with Crippen LogP contribution in [0.1, 0.15) is 15.9 Å². The van der Waals surface area contributed by atoms with Crippen molar-refractivity contribution in [2.75, 3.05) is 0 Å². The summed E-state index contributed by atoms with van der Waals surface area (Å²) in [6.45, 7) is 0.262. The molecular formula is C19H14ClFN2O2. The number of rotatable bonds is 4.